The topological polar surface area (TPSA) is 55.1 Å². The summed E-state index contributed by atoms with van der Waals surface area (Å²) in [6.45, 7) is 1.35. The summed E-state index contributed by atoms with van der Waals surface area (Å²) >= 11 is 8.18. The van der Waals surface area contributed by atoms with Crippen LogP contribution >= 0.6 is 55.6 Å². The highest BCUT2D eigenvalue weighted by Gasteiger charge is 2.12. The van der Waals surface area contributed by atoms with Crippen LogP contribution in [-0.2, 0) is 0 Å². The van der Waals surface area contributed by atoms with Crippen molar-refractivity contribution in [2.45, 2.75) is 12.8 Å². The average molecular weight is 393 g/mol. The number of carbonyl (C=O) groups is 1. The Labute approximate surface area is 122 Å². The Bertz CT molecular complexity index is 346. The molecular weight excluding hydrogens is 379 g/mol. The van der Waals surface area contributed by atoms with Crippen LogP contribution in [0.3, 0.4) is 0 Å². The van der Waals surface area contributed by atoms with Gasteiger partial charge in [-0.15, -0.1) is 23.7 Å². The first-order valence-corrected chi connectivity index (χ1v) is 6.98. The first kappa shape index (κ1) is 16.4. The van der Waals surface area contributed by atoms with E-state index in [2.05, 4.69) is 37.2 Å². The van der Waals surface area contributed by atoms with Crippen LogP contribution < -0.4 is 11.1 Å². The van der Waals surface area contributed by atoms with E-state index in [4.69, 9.17) is 5.73 Å². The Morgan fingerprint density at radius 1 is 1.44 bits per heavy atom. The SMILES string of the molecule is Cl.NCCCCNC(=O)c1cc(Br)sc1Br. The molecule has 0 radical (unpaired) electrons. The lowest BCUT2D eigenvalue weighted by Crippen LogP contribution is -2.24. The van der Waals surface area contributed by atoms with Crippen LogP contribution in [0.5, 0.6) is 0 Å². The van der Waals surface area contributed by atoms with Gasteiger partial charge in [-0.1, -0.05) is 0 Å². The molecule has 1 heterocycles. The van der Waals surface area contributed by atoms with Crippen molar-refractivity contribution in [2.24, 2.45) is 5.73 Å². The van der Waals surface area contributed by atoms with Crippen LogP contribution in [-0.4, -0.2) is 19.0 Å². The zero-order valence-corrected chi connectivity index (χ0v) is 13.3. The van der Waals surface area contributed by atoms with E-state index in [0.29, 0.717) is 18.7 Å². The zero-order chi connectivity index (χ0) is 11.3. The van der Waals surface area contributed by atoms with Crippen molar-refractivity contribution < 1.29 is 4.79 Å². The number of halogens is 3. The largest absolute Gasteiger partial charge is 0.352 e. The monoisotopic (exact) mass is 390 g/mol. The Kier molecular flexibility index (Phi) is 8.67. The van der Waals surface area contributed by atoms with Gasteiger partial charge in [-0.3, -0.25) is 4.79 Å². The molecule has 0 saturated carbocycles. The second kappa shape index (κ2) is 8.47. The van der Waals surface area contributed by atoms with Gasteiger partial charge in [0, 0.05) is 6.54 Å². The van der Waals surface area contributed by atoms with Crippen molar-refractivity contribution in [1.82, 2.24) is 5.32 Å². The van der Waals surface area contributed by atoms with Gasteiger partial charge in [0.1, 0.15) is 0 Å². The van der Waals surface area contributed by atoms with Crippen molar-refractivity contribution in [1.29, 1.82) is 0 Å². The number of rotatable bonds is 5. The highest BCUT2D eigenvalue weighted by Crippen LogP contribution is 2.31. The van der Waals surface area contributed by atoms with Crippen LogP contribution in [0.2, 0.25) is 0 Å². The summed E-state index contributed by atoms with van der Waals surface area (Å²) in [4.78, 5) is 11.7. The molecule has 1 aromatic heterocycles. The summed E-state index contributed by atoms with van der Waals surface area (Å²) < 4.78 is 1.80. The Balaban J connectivity index is 0.00000225. The molecule has 1 rings (SSSR count). The third kappa shape index (κ3) is 5.14. The van der Waals surface area contributed by atoms with Crippen molar-refractivity contribution >= 4 is 61.5 Å². The third-order valence-electron chi connectivity index (χ3n) is 1.82. The number of carbonyl (C=O) groups excluding carboxylic acids is 1. The minimum atomic E-state index is -0.0409. The second-order valence-corrected chi connectivity index (χ2v) is 6.74. The molecule has 1 amide bonds. The van der Waals surface area contributed by atoms with E-state index in [-0.39, 0.29) is 18.3 Å². The van der Waals surface area contributed by atoms with Crippen LogP contribution in [0.1, 0.15) is 23.2 Å². The second-order valence-electron chi connectivity index (χ2n) is 2.99. The molecule has 0 aromatic carbocycles. The summed E-state index contributed by atoms with van der Waals surface area (Å²) in [6, 6.07) is 1.81. The molecule has 0 aliphatic carbocycles. The van der Waals surface area contributed by atoms with E-state index in [9.17, 15) is 4.79 Å². The molecule has 3 N–H and O–H groups in total. The Morgan fingerprint density at radius 2 is 2.12 bits per heavy atom. The smallest absolute Gasteiger partial charge is 0.253 e. The quantitative estimate of drug-likeness (QED) is 0.757. The van der Waals surface area contributed by atoms with E-state index in [1.165, 1.54) is 11.3 Å². The number of amides is 1. The molecule has 0 aliphatic rings. The van der Waals surface area contributed by atoms with E-state index >= 15 is 0 Å². The predicted octanol–water partition coefficient (Wildman–Crippen LogP) is 3.16. The minimum Gasteiger partial charge on any atom is -0.352 e. The van der Waals surface area contributed by atoms with Crippen molar-refractivity contribution in [3.05, 3.63) is 19.2 Å². The van der Waals surface area contributed by atoms with Crippen LogP contribution in [0.25, 0.3) is 0 Å². The fraction of sp³-hybridized carbons (Fsp3) is 0.444. The summed E-state index contributed by atoms with van der Waals surface area (Å²) in [6.07, 6.45) is 1.86. The van der Waals surface area contributed by atoms with Crippen LogP contribution in [0, 0.1) is 0 Å². The summed E-state index contributed by atoms with van der Waals surface area (Å²) in [5.74, 6) is -0.0409. The molecule has 0 spiro atoms. The molecule has 3 nitrogen and oxygen atoms in total. The molecule has 0 bridgehead atoms. The molecule has 0 fully saturated rings. The van der Waals surface area contributed by atoms with Gasteiger partial charge in [0.25, 0.3) is 5.91 Å². The molecule has 0 aliphatic heterocycles. The van der Waals surface area contributed by atoms with E-state index in [0.717, 1.165) is 20.4 Å². The van der Waals surface area contributed by atoms with Gasteiger partial charge in [0.15, 0.2) is 0 Å². The van der Waals surface area contributed by atoms with E-state index in [1.807, 2.05) is 6.07 Å². The number of nitrogens with one attached hydrogen (secondary N) is 1. The van der Waals surface area contributed by atoms with Crippen molar-refractivity contribution in [3.8, 4) is 0 Å². The first-order chi connectivity index (χ1) is 7.15. The standard InChI is InChI=1S/C9H12Br2N2OS.ClH/c10-7-5-6(8(11)15-7)9(14)13-4-2-1-3-12;/h5H,1-4,12H2,(H,13,14);1H. The summed E-state index contributed by atoms with van der Waals surface area (Å²) in [7, 11) is 0. The zero-order valence-electron chi connectivity index (χ0n) is 8.46. The lowest BCUT2D eigenvalue weighted by atomic mass is 10.3. The maximum Gasteiger partial charge on any atom is 0.253 e. The average Bonchev–Trinajstić information content (AvgIpc) is 2.52. The molecular formula is C9H13Br2ClN2OS. The fourth-order valence-electron chi connectivity index (χ4n) is 1.06. The lowest BCUT2D eigenvalue weighted by molar-refractivity contribution is 0.0953. The summed E-state index contributed by atoms with van der Waals surface area (Å²) in [5, 5.41) is 2.85. The van der Waals surface area contributed by atoms with Crippen LogP contribution in [0.15, 0.2) is 13.6 Å². The predicted molar refractivity (Wildman–Crippen MR) is 77.6 cm³/mol. The van der Waals surface area contributed by atoms with Crippen molar-refractivity contribution in [2.75, 3.05) is 13.1 Å². The van der Waals surface area contributed by atoms with Gasteiger partial charge < -0.3 is 11.1 Å². The van der Waals surface area contributed by atoms with Gasteiger partial charge in [0.05, 0.1) is 13.1 Å². The fourth-order valence-corrected chi connectivity index (χ4v) is 3.85. The third-order valence-corrected chi connectivity index (χ3v) is 4.16. The molecule has 16 heavy (non-hydrogen) atoms. The molecule has 1 aromatic rings. The Hall–Kier alpha value is 0.380. The maximum absolute atomic E-state index is 11.7. The highest BCUT2D eigenvalue weighted by atomic mass is 79.9. The minimum absolute atomic E-state index is 0. The van der Waals surface area contributed by atoms with Gasteiger partial charge in [-0.25, -0.2) is 0 Å². The molecule has 0 unspecified atom stereocenters. The van der Waals surface area contributed by atoms with E-state index in [1.54, 1.807) is 0 Å². The highest BCUT2D eigenvalue weighted by molar-refractivity contribution is 9.12. The van der Waals surface area contributed by atoms with Gasteiger partial charge >= 0.3 is 0 Å². The van der Waals surface area contributed by atoms with Crippen molar-refractivity contribution in [3.63, 3.8) is 0 Å². The number of unbranched alkanes of at least 4 members (excludes halogenated alkanes) is 1. The van der Waals surface area contributed by atoms with Gasteiger partial charge in [0.2, 0.25) is 0 Å². The molecule has 92 valence electrons. The number of nitrogens with two attached hydrogens (primary N) is 1. The Morgan fingerprint density at radius 3 is 2.62 bits per heavy atom. The van der Waals surface area contributed by atoms with E-state index < -0.39 is 0 Å². The lowest BCUT2D eigenvalue weighted by Gasteiger charge is -2.02. The molecule has 0 atom stereocenters. The normalized spacial score (nSPS) is 9.69. The van der Waals surface area contributed by atoms with Crippen LogP contribution in [0.4, 0.5) is 0 Å². The number of hydrogen-bond acceptors (Lipinski definition) is 3. The molecule has 7 heteroatoms. The number of thiophene rings is 1. The maximum atomic E-state index is 11.7. The first-order valence-electron chi connectivity index (χ1n) is 4.58. The summed E-state index contributed by atoms with van der Waals surface area (Å²) in [5.41, 5.74) is 6.04. The van der Waals surface area contributed by atoms with Gasteiger partial charge in [-0.05, 0) is 57.3 Å². The number of hydrogen-bond donors (Lipinski definition) is 2. The molecule has 0 saturated heterocycles. The van der Waals surface area contributed by atoms with Gasteiger partial charge in [-0.2, -0.15) is 0 Å².